The second kappa shape index (κ2) is 5.92. The zero-order chi connectivity index (χ0) is 14.7. The summed E-state index contributed by atoms with van der Waals surface area (Å²) in [6, 6.07) is 9.45. The van der Waals surface area contributed by atoms with E-state index >= 15 is 0 Å². The molecule has 4 nitrogen and oxygen atoms in total. The minimum Gasteiger partial charge on any atom is -0.487 e. The van der Waals surface area contributed by atoms with E-state index in [4.69, 9.17) is 15.6 Å². The predicted molar refractivity (Wildman–Crippen MR) is 76.2 cm³/mol. The Kier molecular flexibility index (Phi) is 4.24. The van der Waals surface area contributed by atoms with E-state index < -0.39 is 17.3 Å². The van der Waals surface area contributed by atoms with E-state index in [9.17, 15) is 9.18 Å². The summed E-state index contributed by atoms with van der Waals surface area (Å²) in [5.41, 5.74) is 6.15. The lowest BCUT2D eigenvalue weighted by Gasteiger charge is -2.10. The van der Waals surface area contributed by atoms with E-state index in [1.807, 2.05) is 24.3 Å². The van der Waals surface area contributed by atoms with Gasteiger partial charge in [-0.15, -0.1) is 0 Å². The van der Waals surface area contributed by atoms with Gasteiger partial charge in [0.05, 0.1) is 11.3 Å². The smallest absolute Gasteiger partial charge is 0.338 e. The quantitative estimate of drug-likeness (QED) is 0.837. The third-order valence-electron chi connectivity index (χ3n) is 2.64. The van der Waals surface area contributed by atoms with Crippen LogP contribution in [0, 0.1) is 5.82 Å². The number of hydrogen-bond acceptors (Lipinski definition) is 3. The van der Waals surface area contributed by atoms with Crippen LogP contribution in [0.5, 0.6) is 5.75 Å². The Bertz CT molecular complexity index is 644. The van der Waals surface area contributed by atoms with Gasteiger partial charge < -0.3 is 15.6 Å². The molecule has 0 spiro atoms. The molecule has 104 valence electrons. The molecule has 2 aromatic carbocycles. The normalized spacial score (nSPS) is 10.3. The average Bonchev–Trinajstić information content (AvgIpc) is 2.41. The molecule has 0 saturated carbocycles. The molecule has 0 bridgehead atoms. The van der Waals surface area contributed by atoms with Crippen molar-refractivity contribution < 1.29 is 19.0 Å². The summed E-state index contributed by atoms with van der Waals surface area (Å²) >= 11 is 3.32. The largest absolute Gasteiger partial charge is 0.487 e. The molecule has 3 N–H and O–H groups in total. The molecule has 6 heteroatoms. The molecular weight excluding hydrogens is 329 g/mol. The van der Waals surface area contributed by atoms with Crippen LogP contribution in [0.4, 0.5) is 10.1 Å². The summed E-state index contributed by atoms with van der Waals surface area (Å²) in [6.45, 7) is 0.212. The lowest BCUT2D eigenvalue weighted by molar-refractivity contribution is 0.0692. The number of nitrogen functional groups attached to an aromatic ring is 1. The summed E-state index contributed by atoms with van der Waals surface area (Å²) in [5, 5.41) is 8.77. The molecule has 0 aliphatic carbocycles. The highest BCUT2D eigenvalue weighted by Gasteiger charge is 2.14. The van der Waals surface area contributed by atoms with Crippen molar-refractivity contribution in [1.29, 1.82) is 0 Å². The molecule has 0 saturated heterocycles. The van der Waals surface area contributed by atoms with Crippen LogP contribution in [0.2, 0.25) is 0 Å². The molecule has 0 radical (unpaired) electrons. The number of ether oxygens (including phenoxy) is 1. The Hall–Kier alpha value is -2.08. The van der Waals surface area contributed by atoms with Gasteiger partial charge in [0.2, 0.25) is 0 Å². The maximum Gasteiger partial charge on any atom is 0.338 e. The van der Waals surface area contributed by atoms with E-state index in [1.165, 1.54) is 0 Å². The number of carboxylic acids is 1. The van der Waals surface area contributed by atoms with Crippen LogP contribution in [0.25, 0.3) is 0 Å². The van der Waals surface area contributed by atoms with Gasteiger partial charge in [-0.1, -0.05) is 28.1 Å². The SMILES string of the molecule is Nc1cc(C(=O)O)c(F)cc1OCc1ccc(Br)cc1. The number of aromatic carboxylic acids is 1. The van der Waals surface area contributed by atoms with Crippen molar-refractivity contribution in [2.75, 3.05) is 5.73 Å². The highest BCUT2D eigenvalue weighted by Crippen LogP contribution is 2.26. The Morgan fingerprint density at radius 1 is 1.30 bits per heavy atom. The average molecular weight is 340 g/mol. The zero-order valence-corrected chi connectivity index (χ0v) is 11.9. The number of halogens is 2. The van der Waals surface area contributed by atoms with Crippen LogP contribution >= 0.6 is 15.9 Å². The molecule has 0 aliphatic rings. The van der Waals surface area contributed by atoms with Crippen molar-refractivity contribution >= 4 is 27.6 Å². The maximum absolute atomic E-state index is 13.5. The fourth-order valence-electron chi connectivity index (χ4n) is 1.60. The van der Waals surface area contributed by atoms with Gasteiger partial charge in [0, 0.05) is 10.5 Å². The summed E-state index contributed by atoms with van der Waals surface area (Å²) in [4.78, 5) is 10.8. The zero-order valence-electron chi connectivity index (χ0n) is 10.3. The summed E-state index contributed by atoms with van der Waals surface area (Å²) in [6.07, 6.45) is 0. The number of hydrogen-bond donors (Lipinski definition) is 2. The summed E-state index contributed by atoms with van der Waals surface area (Å²) < 4.78 is 19.9. The fraction of sp³-hybridized carbons (Fsp3) is 0.0714. The molecule has 0 atom stereocenters. The maximum atomic E-state index is 13.5. The van der Waals surface area contributed by atoms with Crippen molar-refractivity contribution in [1.82, 2.24) is 0 Å². The van der Waals surface area contributed by atoms with Crippen LogP contribution < -0.4 is 10.5 Å². The first-order valence-electron chi connectivity index (χ1n) is 5.67. The molecular formula is C14H11BrFNO3. The predicted octanol–water partition coefficient (Wildman–Crippen LogP) is 3.45. The van der Waals surface area contributed by atoms with Gasteiger partial charge in [0.15, 0.2) is 0 Å². The molecule has 0 amide bonds. The first-order valence-corrected chi connectivity index (χ1v) is 6.46. The lowest BCUT2D eigenvalue weighted by Crippen LogP contribution is -2.05. The highest BCUT2D eigenvalue weighted by atomic mass is 79.9. The molecule has 0 aliphatic heterocycles. The Balaban J connectivity index is 2.16. The number of nitrogens with two attached hydrogens (primary N) is 1. The van der Waals surface area contributed by atoms with E-state index in [2.05, 4.69) is 15.9 Å². The van der Waals surface area contributed by atoms with Crippen LogP contribution in [-0.2, 0) is 6.61 Å². The van der Waals surface area contributed by atoms with Gasteiger partial charge in [0.1, 0.15) is 18.2 Å². The van der Waals surface area contributed by atoms with Crippen molar-refractivity contribution in [2.45, 2.75) is 6.61 Å². The number of anilines is 1. The van der Waals surface area contributed by atoms with E-state index in [-0.39, 0.29) is 18.0 Å². The summed E-state index contributed by atoms with van der Waals surface area (Å²) in [7, 11) is 0. The van der Waals surface area contributed by atoms with Crippen molar-refractivity contribution in [3.63, 3.8) is 0 Å². The van der Waals surface area contributed by atoms with Gasteiger partial charge in [-0.25, -0.2) is 9.18 Å². The van der Waals surface area contributed by atoms with Gasteiger partial charge in [-0.3, -0.25) is 0 Å². The van der Waals surface area contributed by atoms with Gasteiger partial charge >= 0.3 is 5.97 Å². The molecule has 2 aromatic rings. The third kappa shape index (κ3) is 3.27. The second-order valence-electron chi connectivity index (χ2n) is 4.09. The Morgan fingerprint density at radius 3 is 2.55 bits per heavy atom. The number of carboxylic acid groups (broad SMARTS) is 1. The van der Waals surface area contributed by atoms with Crippen molar-refractivity contribution in [3.8, 4) is 5.75 Å². The third-order valence-corrected chi connectivity index (χ3v) is 3.17. The monoisotopic (exact) mass is 339 g/mol. The standard InChI is InChI=1S/C14H11BrFNO3/c15-9-3-1-8(2-4-9)7-20-13-6-11(16)10(14(18)19)5-12(13)17/h1-6H,7,17H2,(H,18,19). The Morgan fingerprint density at radius 2 is 1.95 bits per heavy atom. The van der Waals surface area contributed by atoms with E-state index in [0.29, 0.717) is 0 Å². The number of rotatable bonds is 4. The minimum atomic E-state index is -1.37. The lowest BCUT2D eigenvalue weighted by atomic mass is 10.1. The minimum absolute atomic E-state index is 0.0842. The molecule has 2 rings (SSSR count). The number of carbonyl (C=O) groups is 1. The highest BCUT2D eigenvalue weighted by molar-refractivity contribution is 9.10. The van der Waals surface area contributed by atoms with E-state index in [0.717, 1.165) is 22.2 Å². The first kappa shape index (κ1) is 14.3. The molecule has 0 aromatic heterocycles. The first-order chi connectivity index (χ1) is 9.47. The van der Waals surface area contributed by atoms with Gasteiger partial charge in [-0.05, 0) is 23.8 Å². The molecule has 0 heterocycles. The topological polar surface area (TPSA) is 72.6 Å². The van der Waals surface area contributed by atoms with Crippen LogP contribution in [0.3, 0.4) is 0 Å². The van der Waals surface area contributed by atoms with Crippen LogP contribution in [0.1, 0.15) is 15.9 Å². The Labute approximate surface area is 123 Å². The molecule has 0 fully saturated rings. The second-order valence-corrected chi connectivity index (χ2v) is 5.01. The van der Waals surface area contributed by atoms with Crippen molar-refractivity contribution in [2.24, 2.45) is 0 Å². The fourth-order valence-corrected chi connectivity index (χ4v) is 1.87. The van der Waals surface area contributed by atoms with Gasteiger partial charge in [-0.2, -0.15) is 0 Å². The van der Waals surface area contributed by atoms with Crippen LogP contribution in [0.15, 0.2) is 40.9 Å². The van der Waals surface area contributed by atoms with Gasteiger partial charge in [0.25, 0.3) is 0 Å². The molecule has 0 unspecified atom stereocenters. The van der Waals surface area contributed by atoms with E-state index in [1.54, 1.807) is 0 Å². The van der Waals surface area contributed by atoms with Crippen LogP contribution in [-0.4, -0.2) is 11.1 Å². The molecule has 20 heavy (non-hydrogen) atoms. The summed E-state index contributed by atoms with van der Waals surface area (Å²) in [5.74, 6) is -2.12. The van der Waals surface area contributed by atoms with Crippen molar-refractivity contribution in [3.05, 3.63) is 57.8 Å². The number of benzene rings is 2.